The summed E-state index contributed by atoms with van der Waals surface area (Å²) < 4.78 is 0. The highest BCUT2D eigenvalue weighted by Crippen LogP contribution is 2.18. The first-order valence-electron chi connectivity index (χ1n) is 5.86. The quantitative estimate of drug-likeness (QED) is 0.632. The van der Waals surface area contributed by atoms with E-state index in [2.05, 4.69) is 33.0 Å². The lowest BCUT2D eigenvalue weighted by atomic mass is 9.89. The van der Waals surface area contributed by atoms with Crippen molar-refractivity contribution in [3.05, 3.63) is 0 Å². The smallest absolute Gasteiger partial charge is 0.0436 e. The van der Waals surface area contributed by atoms with E-state index < -0.39 is 0 Å². The molecule has 1 unspecified atom stereocenters. The van der Waals surface area contributed by atoms with E-state index in [1.807, 2.05) is 0 Å². The number of hydrogen-bond acceptors (Lipinski definition) is 2. The molecule has 0 amide bonds. The normalized spacial score (nSPS) is 14.4. The van der Waals surface area contributed by atoms with Crippen LogP contribution in [0.25, 0.3) is 0 Å². The second kappa shape index (κ2) is 7.24. The Balaban J connectivity index is 3.58. The van der Waals surface area contributed by atoms with Gasteiger partial charge in [0.05, 0.1) is 0 Å². The van der Waals surface area contributed by atoms with Gasteiger partial charge in [0.15, 0.2) is 0 Å². The molecule has 0 aromatic heterocycles. The molecule has 0 spiro atoms. The van der Waals surface area contributed by atoms with Crippen LogP contribution in [0.2, 0.25) is 0 Å². The van der Waals surface area contributed by atoms with Gasteiger partial charge in [0.25, 0.3) is 0 Å². The largest absolute Gasteiger partial charge is 0.396 e. The molecule has 0 aliphatic rings. The zero-order chi connectivity index (χ0) is 11.0. The molecule has 2 nitrogen and oxygen atoms in total. The van der Waals surface area contributed by atoms with Crippen molar-refractivity contribution in [2.45, 2.75) is 59.4 Å². The third kappa shape index (κ3) is 7.34. The summed E-state index contributed by atoms with van der Waals surface area (Å²) in [6.45, 7) is 10.1. The van der Waals surface area contributed by atoms with Crippen molar-refractivity contribution in [1.82, 2.24) is 5.32 Å². The molecular formula is C12H27NO. The summed E-state index contributed by atoms with van der Waals surface area (Å²) in [5, 5.41) is 12.4. The molecule has 86 valence electrons. The fraction of sp³-hybridized carbons (Fsp3) is 1.00. The summed E-state index contributed by atoms with van der Waals surface area (Å²) in [5.41, 5.74) is 0.217. The van der Waals surface area contributed by atoms with E-state index in [1.165, 1.54) is 19.3 Å². The average Bonchev–Trinajstić information content (AvgIpc) is 2.11. The number of aliphatic hydroxyl groups is 1. The van der Waals surface area contributed by atoms with Crippen molar-refractivity contribution >= 4 is 0 Å². The fourth-order valence-corrected chi connectivity index (χ4v) is 1.45. The topological polar surface area (TPSA) is 32.3 Å². The van der Waals surface area contributed by atoms with Crippen LogP contribution in [0.5, 0.6) is 0 Å². The van der Waals surface area contributed by atoms with Crippen LogP contribution in [-0.2, 0) is 0 Å². The predicted molar refractivity (Wildman–Crippen MR) is 62.5 cm³/mol. The molecule has 0 rings (SSSR count). The van der Waals surface area contributed by atoms with Crippen LogP contribution in [0.3, 0.4) is 0 Å². The molecule has 0 aromatic rings. The molecule has 0 saturated carbocycles. The second-order valence-electron chi connectivity index (χ2n) is 5.06. The maximum atomic E-state index is 8.88. The third-order valence-corrected chi connectivity index (χ3v) is 2.71. The second-order valence-corrected chi connectivity index (χ2v) is 5.06. The van der Waals surface area contributed by atoms with Crippen LogP contribution in [0.1, 0.15) is 53.4 Å². The number of rotatable bonds is 8. The predicted octanol–water partition coefficient (Wildman–Crippen LogP) is 2.56. The van der Waals surface area contributed by atoms with Crippen molar-refractivity contribution in [1.29, 1.82) is 0 Å². The lowest BCUT2D eigenvalue weighted by molar-refractivity contribution is 0.202. The molecule has 14 heavy (non-hydrogen) atoms. The van der Waals surface area contributed by atoms with Crippen molar-refractivity contribution in [3.63, 3.8) is 0 Å². The minimum atomic E-state index is 0.217. The van der Waals surface area contributed by atoms with Gasteiger partial charge < -0.3 is 10.4 Å². The Morgan fingerprint density at radius 3 is 2.50 bits per heavy atom. The Bertz CT molecular complexity index is 134. The number of unbranched alkanes of at least 4 members (excludes halogenated alkanes) is 1. The summed E-state index contributed by atoms with van der Waals surface area (Å²) in [5.74, 6) is 0. The first-order chi connectivity index (χ1) is 6.52. The van der Waals surface area contributed by atoms with Crippen molar-refractivity contribution in [2.75, 3.05) is 13.2 Å². The molecule has 1 atom stereocenters. The summed E-state index contributed by atoms with van der Waals surface area (Å²) >= 11 is 0. The van der Waals surface area contributed by atoms with Crippen molar-refractivity contribution < 1.29 is 5.11 Å². The summed E-state index contributed by atoms with van der Waals surface area (Å²) in [7, 11) is 0. The van der Waals surface area contributed by atoms with Gasteiger partial charge in [-0.25, -0.2) is 0 Å². The first kappa shape index (κ1) is 13.9. The maximum absolute atomic E-state index is 8.88. The van der Waals surface area contributed by atoms with Crippen molar-refractivity contribution in [3.8, 4) is 0 Å². The minimum absolute atomic E-state index is 0.217. The highest BCUT2D eigenvalue weighted by Gasteiger charge is 2.17. The standard InChI is InChI=1S/C12H27NO/c1-5-6-7-11(2)13-10-12(3,4)8-9-14/h11,13-14H,5-10H2,1-4H3. The van der Waals surface area contributed by atoms with E-state index >= 15 is 0 Å². The summed E-state index contributed by atoms with van der Waals surface area (Å²) in [4.78, 5) is 0. The molecule has 0 aliphatic carbocycles. The van der Waals surface area contributed by atoms with Crippen molar-refractivity contribution in [2.24, 2.45) is 5.41 Å². The Morgan fingerprint density at radius 2 is 2.00 bits per heavy atom. The van der Waals surface area contributed by atoms with Gasteiger partial charge in [-0.1, -0.05) is 33.6 Å². The van der Waals surface area contributed by atoms with Gasteiger partial charge in [0, 0.05) is 19.2 Å². The lowest BCUT2D eigenvalue weighted by Gasteiger charge is -2.26. The number of hydrogen-bond donors (Lipinski definition) is 2. The third-order valence-electron chi connectivity index (χ3n) is 2.71. The van der Waals surface area contributed by atoms with Gasteiger partial charge in [0.1, 0.15) is 0 Å². The average molecular weight is 201 g/mol. The van der Waals surface area contributed by atoms with Crippen LogP contribution < -0.4 is 5.32 Å². The van der Waals surface area contributed by atoms with Crippen LogP contribution in [0.15, 0.2) is 0 Å². The van der Waals surface area contributed by atoms with E-state index in [1.54, 1.807) is 0 Å². The lowest BCUT2D eigenvalue weighted by Crippen LogP contribution is -2.35. The van der Waals surface area contributed by atoms with Crippen LogP contribution in [0, 0.1) is 5.41 Å². The van der Waals surface area contributed by atoms with E-state index in [0.717, 1.165) is 13.0 Å². The molecule has 2 heteroatoms. The highest BCUT2D eigenvalue weighted by molar-refractivity contribution is 4.73. The maximum Gasteiger partial charge on any atom is 0.0436 e. The summed E-state index contributed by atoms with van der Waals surface area (Å²) in [6, 6.07) is 0.605. The number of aliphatic hydroxyl groups excluding tert-OH is 1. The Kier molecular flexibility index (Phi) is 7.20. The van der Waals surface area contributed by atoms with E-state index in [0.29, 0.717) is 6.04 Å². The zero-order valence-electron chi connectivity index (χ0n) is 10.3. The van der Waals surface area contributed by atoms with Gasteiger partial charge >= 0.3 is 0 Å². The van der Waals surface area contributed by atoms with Crippen LogP contribution >= 0.6 is 0 Å². The van der Waals surface area contributed by atoms with Crippen LogP contribution in [0.4, 0.5) is 0 Å². The Hall–Kier alpha value is -0.0800. The minimum Gasteiger partial charge on any atom is -0.396 e. The Morgan fingerprint density at radius 1 is 1.36 bits per heavy atom. The van der Waals surface area contributed by atoms with Gasteiger partial charge in [-0.2, -0.15) is 0 Å². The molecule has 0 radical (unpaired) electrons. The summed E-state index contributed by atoms with van der Waals surface area (Å²) in [6.07, 6.45) is 4.70. The molecule has 0 aromatic carbocycles. The SMILES string of the molecule is CCCCC(C)NCC(C)(C)CCO. The van der Waals surface area contributed by atoms with Gasteiger partial charge in [-0.3, -0.25) is 0 Å². The first-order valence-corrected chi connectivity index (χ1v) is 5.86. The zero-order valence-corrected chi connectivity index (χ0v) is 10.3. The molecule has 0 bridgehead atoms. The number of nitrogens with one attached hydrogen (secondary N) is 1. The molecule has 0 aliphatic heterocycles. The molecule has 0 fully saturated rings. The van der Waals surface area contributed by atoms with E-state index in [4.69, 9.17) is 5.11 Å². The molecular weight excluding hydrogens is 174 g/mol. The van der Waals surface area contributed by atoms with Gasteiger partial charge in [-0.05, 0) is 25.2 Å². The van der Waals surface area contributed by atoms with E-state index in [-0.39, 0.29) is 12.0 Å². The van der Waals surface area contributed by atoms with E-state index in [9.17, 15) is 0 Å². The fourth-order valence-electron chi connectivity index (χ4n) is 1.45. The van der Waals surface area contributed by atoms with Gasteiger partial charge in [-0.15, -0.1) is 0 Å². The molecule has 2 N–H and O–H groups in total. The molecule has 0 heterocycles. The highest BCUT2D eigenvalue weighted by atomic mass is 16.3. The van der Waals surface area contributed by atoms with Crippen LogP contribution in [-0.4, -0.2) is 24.3 Å². The molecule has 0 saturated heterocycles. The van der Waals surface area contributed by atoms with Gasteiger partial charge in [0.2, 0.25) is 0 Å². The Labute approximate surface area is 89.1 Å². The monoisotopic (exact) mass is 201 g/mol.